The predicted octanol–water partition coefficient (Wildman–Crippen LogP) is 3.74. The van der Waals surface area contributed by atoms with Crippen molar-refractivity contribution in [1.82, 2.24) is 4.72 Å². The number of benzene rings is 1. The normalized spacial score (nSPS) is 16.7. The van der Waals surface area contributed by atoms with E-state index in [0.29, 0.717) is 25.9 Å². The molecule has 0 aromatic heterocycles. The van der Waals surface area contributed by atoms with Gasteiger partial charge in [0.2, 0.25) is 10.0 Å². The lowest BCUT2D eigenvalue weighted by Gasteiger charge is -2.21. The van der Waals surface area contributed by atoms with Crippen LogP contribution in [0.5, 0.6) is 5.75 Å². The van der Waals surface area contributed by atoms with Crippen LogP contribution < -0.4 is 9.46 Å². The predicted molar refractivity (Wildman–Crippen MR) is 94.0 cm³/mol. The summed E-state index contributed by atoms with van der Waals surface area (Å²) in [5, 5.41) is 0. The molecule has 1 saturated carbocycles. The topological polar surface area (TPSA) is 55.4 Å². The molecule has 0 aliphatic heterocycles. The van der Waals surface area contributed by atoms with E-state index in [-0.39, 0.29) is 16.9 Å². The second kappa shape index (κ2) is 6.84. The molecule has 1 aromatic carbocycles. The molecular weight excluding hydrogens is 329 g/mol. The van der Waals surface area contributed by atoms with Gasteiger partial charge in [0.05, 0.1) is 17.9 Å². The van der Waals surface area contributed by atoms with Crippen LogP contribution in [0.1, 0.15) is 45.6 Å². The van der Waals surface area contributed by atoms with Crippen molar-refractivity contribution in [2.45, 2.75) is 45.6 Å². The van der Waals surface area contributed by atoms with E-state index < -0.39 is 21.4 Å². The van der Waals surface area contributed by atoms with Gasteiger partial charge in [-0.15, -0.1) is 6.58 Å². The van der Waals surface area contributed by atoms with E-state index in [1.54, 1.807) is 18.2 Å². The third kappa shape index (κ3) is 5.05. The first kappa shape index (κ1) is 18.9. The fourth-order valence-electron chi connectivity index (χ4n) is 2.37. The number of ether oxygens (including phenoxy) is 1. The highest BCUT2D eigenvalue weighted by Crippen LogP contribution is 2.47. The van der Waals surface area contributed by atoms with Gasteiger partial charge in [-0.25, -0.2) is 17.5 Å². The summed E-state index contributed by atoms with van der Waals surface area (Å²) < 4.78 is 46.7. The first-order valence-electron chi connectivity index (χ1n) is 8.12. The molecule has 1 aliphatic rings. The Bertz CT molecular complexity index is 703. The van der Waals surface area contributed by atoms with E-state index >= 15 is 0 Å². The number of halogens is 1. The molecule has 0 radical (unpaired) electrons. The maximum atomic E-state index is 14.0. The highest BCUT2D eigenvalue weighted by atomic mass is 32.2. The second-order valence-electron chi connectivity index (χ2n) is 7.57. The molecule has 134 valence electrons. The monoisotopic (exact) mass is 355 g/mol. The minimum Gasteiger partial charge on any atom is -0.490 e. The summed E-state index contributed by atoms with van der Waals surface area (Å²) in [7, 11) is -3.40. The molecule has 1 fully saturated rings. The Morgan fingerprint density at radius 1 is 1.38 bits per heavy atom. The molecule has 0 saturated heterocycles. The highest BCUT2D eigenvalue weighted by molar-refractivity contribution is 7.89. The van der Waals surface area contributed by atoms with Gasteiger partial charge in [-0.05, 0) is 42.4 Å². The fraction of sp³-hybridized carbons (Fsp3) is 0.556. The Morgan fingerprint density at radius 2 is 2.04 bits per heavy atom. The maximum Gasteiger partial charge on any atom is 0.212 e. The number of allylic oxidation sites excluding steroid dienone is 1. The zero-order valence-corrected chi connectivity index (χ0v) is 15.4. The summed E-state index contributed by atoms with van der Waals surface area (Å²) >= 11 is 0. The molecule has 1 aromatic rings. The Balaban J connectivity index is 2.18. The van der Waals surface area contributed by atoms with Crippen LogP contribution in [0, 0.1) is 11.2 Å². The third-order valence-corrected chi connectivity index (χ3v) is 5.31. The zero-order chi connectivity index (χ0) is 18.0. The molecule has 1 N–H and O–H groups in total. The summed E-state index contributed by atoms with van der Waals surface area (Å²) in [6.45, 7) is 9.94. The number of hydrogen-bond acceptors (Lipinski definition) is 3. The number of hydrogen-bond donors (Lipinski definition) is 1. The van der Waals surface area contributed by atoms with Crippen LogP contribution >= 0.6 is 0 Å². The molecule has 4 nitrogen and oxygen atoms in total. The summed E-state index contributed by atoms with van der Waals surface area (Å²) in [6, 6.07) is 4.58. The second-order valence-corrected chi connectivity index (χ2v) is 9.42. The Hall–Kier alpha value is -1.40. The van der Waals surface area contributed by atoms with Gasteiger partial charge in [0.1, 0.15) is 0 Å². The van der Waals surface area contributed by atoms with E-state index in [2.05, 4.69) is 11.3 Å². The molecule has 6 heteroatoms. The number of rotatable bonds is 8. The van der Waals surface area contributed by atoms with Crippen molar-refractivity contribution >= 4 is 10.0 Å². The molecule has 1 aliphatic carbocycles. The average molecular weight is 355 g/mol. The Labute approximate surface area is 144 Å². The van der Waals surface area contributed by atoms with Gasteiger partial charge in [0.25, 0.3) is 0 Å². The van der Waals surface area contributed by atoms with E-state index in [4.69, 9.17) is 4.74 Å². The van der Waals surface area contributed by atoms with Gasteiger partial charge < -0.3 is 4.74 Å². The first-order chi connectivity index (χ1) is 11.1. The number of sulfonamides is 1. The van der Waals surface area contributed by atoms with Crippen LogP contribution in [0.2, 0.25) is 0 Å². The quantitative estimate of drug-likeness (QED) is 0.723. The van der Waals surface area contributed by atoms with Crippen molar-refractivity contribution in [3.05, 3.63) is 42.2 Å². The van der Waals surface area contributed by atoms with Crippen LogP contribution in [0.15, 0.2) is 30.9 Å². The standard InChI is InChI=1S/C18H26FNO3S/c1-5-6-11-24(21,22)20-18(9-10-18)14-7-8-15(19)16(12-14)23-13-17(2,3)4/h5,7-8,12,20H,1,6,9-11,13H2,2-4H3. The van der Waals surface area contributed by atoms with E-state index in [9.17, 15) is 12.8 Å². The molecule has 0 amide bonds. The molecule has 0 unspecified atom stereocenters. The van der Waals surface area contributed by atoms with Gasteiger partial charge >= 0.3 is 0 Å². The van der Waals surface area contributed by atoms with Gasteiger partial charge in [0.15, 0.2) is 11.6 Å². The molecule has 2 rings (SSSR count). The Kier molecular flexibility index (Phi) is 5.40. The number of nitrogens with one attached hydrogen (secondary N) is 1. The zero-order valence-electron chi connectivity index (χ0n) is 14.6. The van der Waals surface area contributed by atoms with Gasteiger partial charge in [-0.3, -0.25) is 0 Å². The largest absolute Gasteiger partial charge is 0.490 e. The molecular formula is C18H26FNO3S. The lowest BCUT2D eigenvalue weighted by Crippen LogP contribution is -2.36. The van der Waals surface area contributed by atoms with Crippen molar-refractivity contribution in [3.63, 3.8) is 0 Å². The minimum atomic E-state index is -3.40. The van der Waals surface area contributed by atoms with Crippen molar-refractivity contribution in [2.24, 2.45) is 5.41 Å². The van der Waals surface area contributed by atoms with Gasteiger partial charge in [-0.2, -0.15) is 0 Å². The van der Waals surface area contributed by atoms with Crippen molar-refractivity contribution < 1.29 is 17.5 Å². The lowest BCUT2D eigenvalue weighted by atomic mass is 9.98. The molecule has 0 spiro atoms. The SMILES string of the molecule is C=CCCS(=O)(=O)NC1(c2ccc(F)c(OCC(C)(C)C)c2)CC1. The van der Waals surface area contributed by atoms with Crippen LogP contribution in [0.25, 0.3) is 0 Å². The van der Waals surface area contributed by atoms with E-state index in [1.165, 1.54) is 6.07 Å². The molecule has 0 heterocycles. The van der Waals surface area contributed by atoms with Crippen LogP contribution in [0.4, 0.5) is 4.39 Å². The van der Waals surface area contributed by atoms with Gasteiger partial charge in [-0.1, -0.05) is 32.9 Å². The summed E-state index contributed by atoms with van der Waals surface area (Å²) in [6.07, 6.45) is 3.37. The first-order valence-corrected chi connectivity index (χ1v) is 9.78. The van der Waals surface area contributed by atoms with Crippen LogP contribution in [-0.4, -0.2) is 20.8 Å². The van der Waals surface area contributed by atoms with Gasteiger partial charge in [0, 0.05) is 0 Å². The summed E-state index contributed by atoms with van der Waals surface area (Å²) in [4.78, 5) is 0. The fourth-order valence-corrected chi connectivity index (χ4v) is 3.86. The van der Waals surface area contributed by atoms with Crippen LogP contribution in [0.3, 0.4) is 0 Å². The summed E-state index contributed by atoms with van der Waals surface area (Å²) in [5.74, 6) is -0.264. The average Bonchev–Trinajstić information content (AvgIpc) is 3.23. The van der Waals surface area contributed by atoms with E-state index in [0.717, 1.165) is 5.56 Å². The van der Waals surface area contributed by atoms with Crippen LogP contribution in [-0.2, 0) is 15.6 Å². The molecule has 0 bridgehead atoms. The molecule has 0 atom stereocenters. The van der Waals surface area contributed by atoms with E-state index in [1.807, 2.05) is 20.8 Å². The Morgan fingerprint density at radius 3 is 2.58 bits per heavy atom. The highest BCUT2D eigenvalue weighted by Gasteiger charge is 2.47. The lowest BCUT2D eigenvalue weighted by molar-refractivity contribution is 0.191. The maximum absolute atomic E-state index is 14.0. The van der Waals surface area contributed by atoms with Crippen molar-refractivity contribution in [1.29, 1.82) is 0 Å². The van der Waals surface area contributed by atoms with Crippen molar-refractivity contribution in [3.8, 4) is 5.75 Å². The third-order valence-electron chi connectivity index (χ3n) is 3.84. The molecule has 24 heavy (non-hydrogen) atoms. The van der Waals surface area contributed by atoms with Crippen molar-refractivity contribution in [2.75, 3.05) is 12.4 Å². The summed E-state index contributed by atoms with van der Waals surface area (Å²) in [5.41, 5.74) is 0.0227. The minimum absolute atomic E-state index is 0.00677. The smallest absolute Gasteiger partial charge is 0.212 e.